The third kappa shape index (κ3) is 2.24. The molecule has 0 saturated heterocycles. The van der Waals surface area contributed by atoms with E-state index in [2.05, 4.69) is 13.0 Å². The van der Waals surface area contributed by atoms with Gasteiger partial charge in [-0.05, 0) is 136 Å². The minimum absolute atomic E-state index is 0.512. The van der Waals surface area contributed by atoms with Crippen molar-refractivity contribution in [2.24, 2.45) is 46.3 Å². The van der Waals surface area contributed by atoms with Crippen molar-refractivity contribution in [1.82, 2.24) is 0 Å². The molecular weight excluding hydrogens is 300 g/mol. The van der Waals surface area contributed by atoms with E-state index >= 15 is 0 Å². The second-order valence-electron chi connectivity index (χ2n) is 11.7. The Kier molecular flexibility index (Phi) is 3.14. The number of hydrogen-bond acceptors (Lipinski definition) is 0. The molecule has 0 spiro atoms. The highest BCUT2D eigenvalue weighted by Crippen LogP contribution is 2.65. The monoisotopic (exact) mass is 336 g/mol. The molecule has 8 rings (SSSR count). The summed E-state index contributed by atoms with van der Waals surface area (Å²) >= 11 is 0. The van der Waals surface area contributed by atoms with Gasteiger partial charge in [-0.1, -0.05) is 18.2 Å². The molecule has 8 bridgehead atoms. The van der Waals surface area contributed by atoms with Crippen molar-refractivity contribution >= 4 is 0 Å². The molecule has 0 nitrogen and oxygen atoms in total. The molecule has 0 aromatic carbocycles. The van der Waals surface area contributed by atoms with Crippen LogP contribution < -0.4 is 0 Å². The number of allylic oxidation sites excluding steroid dienone is 3. The molecule has 8 aliphatic carbocycles. The van der Waals surface area contributed by atoms with Crippen LogP contribution in [0.25, 0.3) is 0 Å². The van der Waals surface area contributed by atoms with E-state index in [0.29, 0.717) is 10.8 Å². The molecule has 0 aromatic heterocycles. The highest BCUT2D eigenvalue weighted by Gasteiger charge is 2.53. The molecule has 0 atom stereocenters. The van der Waals surface area contributed by atoms with Crippen LogP contribution in [0.15, 0.2) is 23.8 Å². The third-order valence-electron chi connectivity index (χ3n) is 9.98. The van der Waals surface area contributed by atoms with Crippen LogP contribution in [-0.4, -0.2) is 0 Å². The van der Waals surface area contributed by atoms with Crippen LogP contribution in [0.2, 0.25) is 0 Å². The summed E-state index contributed by atoms with van der Waals surface area (Å²) in [6.07, 6.45) is 20.9. The Morgan fingerprint density at radius 1 is 0.640 bits per heavy atom. The zero-order valence-corrected chi connectivity index (χ0v) is 16.2. The molecule has 8 fully saturated rings. The summed E-state index contributed by atoms with van der Waals surface area (Å²) in [5.74, 6) is 6.29. The molecule has 8 saturated carbocycles. The molecule has 25 heavy (non-hydrogen) atoms. The van der Waals surface area contributed by atoms with E-state index in [4.69, 9.17) is 6.58 Å². The standard InChI is InChI=1S/C25H36/c1-16(24-10-18-4-19(11-24)6-20(5-18)12-24)3-17(2)25-13-21-7-22(14-25)9-23(8-21)15-25/h3,18-23H,1,4-15H2,2H3. The fourth-order valence-electron chi connectivity index (χ4n) is 9.67. The maximum Gasteiger partial charge on any atom is -0.00449 e. The van der Waals surface area contributed by atoms with Crippen molar-refractivity contribution in [2.75, 3.05) is 0 Å². The third-order valence-corrected chi connectivity index (χ3v) is 9.98. The van der Waals surface area contributed by atoms with Crippen molar-refractivity contribution in [1.29, 1.82) is 0 Å². The lowest BCUT2D eigenvalue weighted by atomic mass is 9.46. The first-order valence-corrected chi connectivity index (χ1v) is 11.4. The highest BCUT2D eigenvalue weighted by molar-refractivity contribution is 5.33. The molecule has 0 radical (unpaired) electrons. The second-order valence-corrected chi connectivity index (χ2v) is 11.7. The summed E-state index contributed by atoms with van der Waals surface area (Å²) in [6, 6.07) is 0. The Hall–Kier alpha value is -0.520. The van der Waals surface area contributed by atoms with Gasteiger partial charge in [0, 0.05) is 0 Å². The van der Waals surface area contributed by atoms with Gasteiger partial charge in [0.2, 0.25) is 0 Å². The number of rotatable bonds is 3. The van der Waals surface area contributed by atoms with Crippen molar-refractivity contribution in [3.05, 3.63) is 23.8 Å². The minimum atomic E-state index is 0.512. The van der Waals surface area contributed by atoms with Crippen molar-refractivity contribution in [3.8, 4) is 0 Å². The van der Waals surface area contributed by atoms with Crippen LogP contribution >= 0.6 is 0 Å². The predicted molar refractivity (Wildman–Crippen MR) is 104 cm³/mol. The molecule has 0 unspecified atom stereocenters. The van der Waals surface area contributed by atoms with E-state index in [0.717, 1.165) is 35.5 Å². The Balaban J connectivity index is 1.29. The van der Waals surface area contributed by atoms with E-state index < -0.39 is 0 Å². The topological polar surface area (TPSA) is 0 Å². The van der Waals surface area contributed by atoms with Gasteiger partial charge < -0.3 is 0 Å². The van der Waals surface area contributed by atoms with Crippen LogP contribution in [0.3, 0.4) is 0 Å². The summed E-state index contributed by atoms with van der Waals surface area (Å²) in [5, 5.41) is 0. The predicted octanol–water partition coefficient (Wildman–Crippen LogP) is 6.92. The Morgan fingerprint density at radius 2 is 0.960 bits per heavy atom. The molecular formula is C25H36. The van der Waals surface area contributed by atoms with Gasteiger partial charge in [0.05, 0.1) is 0 Å². The van der Waals surface area contributed by atoms with Gasteiger partial charge in [0.1, 0.15) is 0 Å². The van der Waals surface area contributed by atoms with Crippen molar-refractivity contribution < 1.29 is 0 Å². The normalized spacial score (nSPS) is 55.8. The SMILES string of the molecule is C=C(C=C(C)C12CC3CC(CC(C3)C1)C2)C12CC3CC(CC(C3)C1)C2. The summed E-state index contributed by atoms with van der Waals surface area (Å²) in [5.41, 5.74) is 4.39. The molecule has 0 heterocycles. The molecule has 0 heteroatoms. The first-order valence-electron chi connectivity index (χ1n) is 11.4. The summed E-state index contributed by atoms with van der Waals surface area (Å²) in [7, 11) is 0. The van der Waals surface area contributed by atoms with Crippen LogP contribution in [-0.2, 0) is 0 Å². The molecule has 0 amide bonds. The van der Waals surface area contributed by atoms with Crippen LogP contribution in [0.1, 0.15) is 84.0 Å². The fourth-order valence-corrected chi connectivity index (χ4v) is 9.67. The van der Waals surface area contributed by atoms with Gasteiger partial charge >= 0.3 is 0 Å². The maximum atomic E-state index is 4.74. The lowest BCUT2D eigenvalue weighted by molar-refractivity contribution is -0.0330. The molecule has 0 aliphatic heterocycles. The maximum absolute atomic E-state index is 4.74. The quantitative estimate of drug-likeness (QED) is 0.491. The lowest BCUT2D eigenvalue weighted by Crippen LogP contribution is -2.47. The average Bonchev–Trinajstić information content (AvgIpc) is 2.52. The smallest absolute Gasteiger partial charge is 0.00449 e. The lowest BCUT2D eigenvalue weighted by Gasteiger charge is -2.59. The van der Waals surface area contributed by atoms with Crippen molar-refractivity contribution in [2.45, 2.75) is 84.0 Å². The summed E-state index contributed by atoms with van der Waals surface area (Å²) in [4.78, 5) is 0. The van der Waals surface area contributed by atoms with Gasteiger partial charge in [-0.3, -0.25) is 0 Å². The summed E-state index contributed by atoms with van der Waals surface area (Å²) in [6.45, 7) is 7.23. The fraction of sp³-hybridized carbons (Fsp3) is 0.840. The first kappa shape index (κ1) is 15.5. The van der Waals surface area contributed by atoms with Crippen molar-refractivity contribution in [3.63, 3.8) is 0 Å². The van der Waals surface area contributed by atoms with Gasteiger partial charge in [-0.15, -0.1) is 0 Å². The van der Waals surface area contributed by atoms with Gasteiger partial charge in [-0.2, -0.15) is 0 Å². The second kappa shape index (κ2) is 5.05. The molecule has 136 valence electrons. The largest absolute Gasteiger partial charge is 0.0953 e. The molecule has 0 aromatic rings. The zero-order valence-electron chi connectivity index (χ0n) is 16.2. The Labute approximate surface area is 154 Å². The van der Waals surface area contributed by atoms with Gasteiger partial charge in [-0.25, -0.2) is 0 Å². The zero-order chi connectivity index (χ0) is 16.8. The molecule has 8 aliphatic rings. The van der Waals surface area contributed by atoms with E-state index in [1.165, 1.54) is 38.5 Å². The minimum Gasteiger partial charge on any atom is -0.0953 e. The van der Waals surface area contributed by atoms with Gasteiger partial charge in [0.25, 0.3) is 0 Å². The molecule has 0 N–H and O–H groups in total. The Morgan fingerprint density at radius 3 is 1.32 bits per heavy atom. The van der Waals surface area contributed by atoms with Gasteiger partial charge in [0.15, 0.2) is 0 Å². The van der Waals surface area contributed by atoms with E-state index in [9.17, 15) is 0 Å². The first-order chi connectivity index (χ1) is 12.0. The van der Waals surface area contributed by atoms with Crippen LogP contribution in [0.4, 0.5) is 0 Å². The Bertz CT molecular complexity index is 562. The number of hydrogen-bond donors (Lipinski definition) is 0. The van der Waals surface area contributed by atoms with Crippen LogP contribution in [0, 0.1) is 46.3 Å². The van der Waals surface area contributed by atoms with E-state index in [1.807, 2.05) is 0 Å². The highest BCUT2D eigenvalue weighted by atomic mass is 14.6. The van der Waals surface area contributed by atoms with E-state index in [1.54, 1.807) is 49.7 Å². The van der Waals surface area contributed by atoms with E-state index in [-0.39, 0.29) is 0 Å². The van der Waals surface area contributed by atoms with Crippen LogP contribution in [0.5, 0.6) is 0 Å². The average molecular weight is 337 g/mol. The summed E-state index contributed by atoms with van der Waals surface area (Å²) < 4.78 is 0.